The zero-order valence-corrected chi connectivity index (χ0v) is 10.4. The molecular weight excluding hydrogens is 212 g/mol. The van der Waals surface area contributed by atoms with Gasteiger partial charge in [0.1, 0.15) is 0 Å². The van der Waals surface area contributed by atoms with Crippen molar-refractivity contribution in [2.24, 2.45) is 0 Å². The molecule has 82 valence electrons. The minimum absolute atomic E-state index is 1.17. The first-order chi connectivity index (χ1) is 7.84. The lowest BCUT2D eigenvalue weighted by Crippen LogP contribution is -1.87. The lowest BCUT2D eigenvalue weighted by Gasteiger charge is -2.05. The molecule has 1 heteroatoms. The largest absolute Gasteiger partial charge is 0.0729 e. The zero-order valence-electron chi connectivity index (χ0n) is 9.62. The Kier molecular flexibility index (Phi) is 4.13. The normalized spacial score (nSPS) is 14.9. The van der Waals surface area contributed by atoms with Crippen molar-refractivity contribution in [3.05, 3.63) is 41.5 Å². The molecule has 1 aromatic rings. The Morgan fingerprint density at radius 1 is 1.12 bits per heavy atom. The summed E-state index contributed by atoms with van der Waals surface area (Å²) in [5, 5.41) is 3.19. The van der Waals surface area contributed by atoms with E-state index in [9.17, 15) is 0 Å². The molecule has 16 heavy (non-hydrogen) atoms. The third-order valence-electron chi connectivity index (χ3n) is 2.69. The average molecular weight is 228 g/mol. The van der Waals surface area contributed by atoms with Crippen LogP contribution in [0.4, 0.5) is 0 Å². The van der Waals surface area contributed by atoms with Gasteiger partial charge in [0.25, 0.3) is 0 Å². The van der Waals surface area contributed by atoms with Crippen molar-refractivity contribution in [2.75, 3.05) is 0 Å². The van der Waals surface area contributed by atoms with Gasteiger partial charge in [-0.05, 0) is 67.3 Å². The van der Waals surface area contributed by atoms with Crippen LogP contribution < -0.4 is 0 Å². The molecule has 0 bridgehead atoms. The number of thioether (sulfide) groups is 1. The predicted molar refractivity (Wildman–Crippen MR) is 71.4 cm³/mol. The van der Waals surface area contributed by atoms with Crippen LogP contribution in [0.15, 0.2) is 40.8 Å². The topological polar surface area (TPSA) is 0 Å². The Hall–Kier alpha value is -1.13. The summed E-state index contributed by atoms with van der Waals surface area (Å²) in [6.07, 6.45) is 7.29. The first-order valence-electron chi connectivity index (χ1n) is 5.78. The Labute approximate surface area is 102 Å². The van der Waals surface area contributed by atoms with Crippen LogP contribution in [0.1, 0.15) is 31.2 Å². The molecule has 0 saturated heterocycles. The number of aryl methyl sites for hydroxylation is 1. The predicted octanol–water partition coefficient (Wildman–Crippen LogP) is 4.55. The van der Waals surface area contributed by atoms with Gasteiger partial charge >= 0.3 is 0 Å². The molecule has 0 radical (unpaired) electrons. The van der Waals surface area contributed by atoms with E-state index in [1.807, 2.05) is 0 Å². The number of hydrogen-bond acceptors (Lipinski definition) is 1. The van der Waals surface area contributed by atoms with Crippen LogP contribution in [0.3, 0.4) is 0 Å². The summed E-state index contributed by atoms with van der Waals surface area (Å²) in [6.45, 7) is 2.10. The first kappa shape index (κ1) is 11.4. The third kappa shape index (κ3) is 3.47. The zero-order chi connectivity index (χ0) is 11.2. The molecule has 0 heterocycles. The third-order valence-corrected chi connectivity index (χ3v) is 3.40. The van der Waals surface area contributed by atoms with Crippen molar-refractivity contribution in [3.63, 3.8) is 0 Å². The molecule has 1 aliphatic carbocycles. The molecule has 0 fully saturated rings. The summed E-state index contributed by atoms with van der Waals surface area (Å²) in [7, 11) is 0. The van der Waals surface area contributed by atoms with Crippen molar-refractivity contribution in [2.45, 2.75) is 37.5 Å². The van der Waals surface area contributed by atoms with Gasteiger partial charge in [0.15, 0.2) is 0 Å². The van der Waals surface area contributed by atoms with Gasteiger partial charge in [-0.1, -0.05) is 29.7 Å². The van der Waals surface area contributed by atoms with E-state index in [1.54, 1.807) is 11.8 Å². The molecule has 0 spiro atoms. The second kappa shape index (κ2) is 5.82. The minimum Gasteiger partial charge on any atom is -0.0729 e. The van der Waals surface area contributed by atoms with Gasteiger partial charge in [0.2, 0.25) is 0 Å². The minimum atomic E-state index is 1.17. The van der Waals surface area contributed by atoms with Crippen molar-refractivity contribution in [1.82, 2.24) is 0 Å². The van der Waals surface area contributed by atoms with Gasteiger partial charge < -0.3 is 0 Å². The fraction of sp³-hybridized carbons (Fsp3) is 0.333. The molecule has 1 aromatic carbocycles. The van der Waals surface area contributed by atoms with E-state index in [4.69, 9.17) is 0 Å². The Morgan fingerprint density at radius 2 is 1.94 bits per heavy atom. The Bertz CT molecular complexity index is 429. The van der Waals surface area contributed by atoms with E-state index in [0.29, 0.717) is 0 Å². The fourth-order valence-corrected chi connectivity index (χ4v) is 2.28. The number of hydrogen-bond donors (Lipinski definition) is 0. The van der Waals surface area contributed by atoms with Crippen molar-refractivity contribution >= 4 is 11.8 Å². The number of allylic oxidation sites excluding steroid dienone is 2. The quantitative estimate of drug-likeness (QED) is 0.502. The van der Waals surface area contributed by atoms with Crippen LogP contribution in [0.25, 0.3) is 0 Å². The van der Waals surface area contributed by atoms with Gasteiger partial charge in [-0.3, -0.25) is 0 Å². The maximum absolute atomic E-state index is 3.26. The second-order valence-electron chi connectivity index (χ2n) is 4.12. The smallest absolute Gasteiger partial charge is 0.0203 e. The summed E-state index contributed by atoms with van der Waals surface area (Å²) in [5.74, 6) is 3.26. The van der Waals surface area contributed by atoms with E-state index in [-0.39, 0.29) is 0 Å². The lowest BCUT2D eigenvalue weighted by molar-refractivity contribution is 0.715. The van der Waals surface area contributed by atoms with Gasteiger partial charge in [-0.2, -0.15) is 0 Å². The molecule has 0 aromatic heterocycles. The fourth-order valence-electron chi connectivity index (χ4n) is 1.71. The molecule has 0 saturated carbocycles. The SMILES string of the molecule is Cc1ccc(SC#CC2=CCCCC2)cc1. The molecule has 0 amide bonds. The molecular formula is C15H16S. The van der Waals surface area contributed by atoms with Crippen LogP contribution in [-0.2, 0) is 0 Å². The van der Waals surface area contributed by atoms with Crippen LogP contribution in [0, 0.1) is 18.1 Å². The van der Waals surface area contributed by atoms with Gasteiger partial charge in [0.05, 0.1) is 0 Å². The van der Waals surface area contributed by atoms with Gasteiger partial charge in [-0.15, -0.1) is 0 Å². The van der Waals surface area contributed by atoms with Crippen LogP contribution >= 0.6 is 11.8 Å². The maximum Gasteiger partial charge on any atom is 0.0203 e. The van der Waals surface area contributed by atoms with Gasteiger partial charge in [-0.25, -0.2) is 0 Å². The average Bonchev–Trinajstić information content (AvgIpc) is 2.33. The first-order valence-corrected chi connectivity index (χ1v) is 6.60. The van der Waals surface area contributed by atoms with Crippen molar-refractivity contribution in [3.8, 4) is 11.2 Å². The van der Waals surface area contributed by atoms with Crippen LogP contribution in [0.2, 0.25) is 0 Å². The lowest BCUT2D eigenvalue weighted by atomic mass is 10.0. The van der Waals surface area contributed by atoms with E-state index >= 15 is 0 Å². The van der Waals surface area contributed by atoms with E-state index in [1.165, 1.54) is 41.7 Å². The molecule has 0 aliphatic heterocycles. The highest BCUT2D eigenvalue weighted by Gasteiger charge is 1.99. The van der Waals surface area contributed by atoms with E-state index in [2.05, 4.69) is 48.4 Å². The standard InChI is InChI=1S/C15H16S/c1-13-7-9-15(10-8-13)16-12-11-14-5-3-2-4-6-14/h5,7-10H,2-4,6H2,1H3. The molecule has 0 unspecified atom stereocenters. The summed E-state index contributed by atoms with van der Waals surface area (Å²) in [6, 6.07) is 8.52. The van der Waals surface area contributed by atoms with E-state index < -0.39 is 0 Å². The Balaban J connectivity index is 1.94. The second-order valence-corrected chi connectivity index (χ2v) is 5.00. The number of benzene rings is 1. The van der Waals surface area contributed by atoms with Crippen LogP contribution in [0.5, 0.6) is 0 Å². The molecule has 1 aliphatic rings. The van der Waals surface area contributed by atoms with Crippen molar-refractivity contribution in [1.29, 1.82) is 0 Å². The summed E-state index contributed by atoms with van der Waals surface area (Å²) in [5.41, 5.74) is 2.62. The van der Waals surface area contributed by atoms with Crippen molar-refractivity contribution < 1.29 is 0 Å². The molecule has 0 atom stereocenters. The van der Waals surface area contributed by atoms with Crippen LogP contribution in [-0.4, -0.2) is 0 Å². The maximum atomic E-state index is 3.26. The number of rotatable bonds is 1. The molecule has 2 rings (SSSR count). The Morgan fingerprint density at radius 3 is 2.62 bits per heavy atom. The molecule has 0 nitrogen and oxygen atoms in total. The monoisotopic (exact) mass is 228 g/mol. The van der Waals surface area contributed by atoms with E-state index in [0.717, 1.165) is 0 Å². The highest BCUT2D eigenvalue weighted by molar-refractivity contribution is 8.03. The highest BCUT2D eigenvalue weighted by atomic mass is 32.2. The molecule has 0 N–H and O–H groups in total. The summed E-state index contributed by atoms with van der Waals surface area (Å²) in [4.78, 5) is 1.23. The van der Waals surface area contributed by atoms with Gasteiger partial charge in [0, 0.05) is 4.90 Å². The highest BCUT2D eigenvalue weighted by Crippen LogP contribution is 2.19. The summed E-state index contributed by atoms with van der Waals surface area (Å²) < 4.78 is 0. The summed E-state index contributed by atoms with van der Waals surface area (Å²) >= 11 is 1.62.